The van der Waals surface area contributed by atoms with E-state index in [1.165, 1.54) is 16.9 Å². The fourth-order valence-electron chi connectivity index (χ4n) is 3.40. The van der Waals surface area contributed by atoms with Gasteiger partial charge in [-0.15, -0.1) is 35.3 Å². The van der Waals surface area contributed by atoms with E-state index in [9.17, 15) is 4.79 Å². The van der Waals surface area contributed by atoms with Gasteiger partial charge in [-0.05, 0) is 29.9 Å². The van der Waals surface area contributed by atoms with E-state index in [1.807, 2.05) is 42.8 Å². The molecule has 1 amide bonds. The van der Waals surface area contributed by atoms with Crippen molar-refractivity contribution in [2.24, 2.45) is 10.9 Å². The number of carbonyl (C=O) groups excluding carboxylic acids is 1. The minimum absolute atomic E-state index is 0. The Bertz CT molecular complexity index is 771. The lowest BCUT2D eigenvalue weighted by molar-refractivity contribution is 0.0907. The lowest BCUT2D eigenvalue weighted by Crippen LogP contribution is -2.41. The quantitative estimate of drug-likeness (QED) is 0.220. The molecule has 30 heavy (non-hydrogen) atoms. The van der Waals surface area contributed by atoms with Crippen LogP contribution in [0.1, 0.15) is 28.1 Å². The molecule has 1 fully saturated rings. The zero-order chi connectivity index (χ0) is 20.3. The van der Waals surface area contributed by atoms with Crippen LogP contribution in [-0.2, 0) is 11.3 Å². The predicted octanol–water partition coefficient (Wildman–Crippen LogP) is 3.60. The van der Waals surface area contributed by atoms with Gasteiger partial charge in [0.15, 0.2) is 5.96 Å². The molecule has 1 aromatic carbocycles. The summed E-state index contributed by atoms with van der Waals surface area (Å²) in [5, 5.41) is 8.27. The van der Waals surface area contributed by atoms with Crippen LogP contribution in [0.25, 0.3) is 0 Å². The number of amides is 1. The van der Waals surface area contributed by atoms with Gasteiger partial charge in [0.05, 0.1) is 18.1 Å². The predicted molar refractivity (Wildman–Crippen MR) is 134 cm³/mol. The number of hydrogen-bond donors (Lipinski definition) is 2. The summed E-state index contributed by atoms with van der Waals surface area (Å²) in [6.07, 6.45) is 1.97. The SMILES string of the molecule is CN=C(NCCCNC(=O)c1cccs1)N1CCC(COCc2ccccc2)C1.I. The average Bonchev–Trinajstić information content (AvgIpc) is 3.44. The van der Waals surface area contributed by atoms with Gasteiger partial charge in [0, 0.05) is 39.1 Å². The first-order valence-electron chi connectivity index (χ1n) is 10.1. The van der Waals surface area contributed by atoms with E-state index < -0.39 is 0 Å². The van der Waals surface area contributed by atoms with Gasteiger partial charge < -0.3 is 20.3 Å². The number of nitrogens with one attached hydrogen (secondary N) is 2. The van der Waals surface area contributed by atoms with E-state index >= 15 is 0 Å². The third-order valence-electron chi connectivity index (χ3n) is 4.93. The number of rotatable bonds is 9. The molecular weight excluding hydrogens is 511 g/mol. The number of hydrogen-bond acceptors (Lipinski definition) is 4. The highest BCUT2D eigenvalue weighted by Crippen LogP contribution is 2.17. The van der Waals surface area contributed by atoms with Crippen LogP contribution in [0.5, 0.6) is 0 Å². The molecule has 1 atom stereocenters. The molecule has 164 valence electrons. The van der Waals surface area contributed by atoms with Gasteiger partial charge in [-0.25, -0.2) is 0 Å². The Morgan fingerprint density at radius 1 is 1.20 bits per heavy atom. The van der Waals surface area contributed by atoms with Crippen molar-refractivity contribution >= 4 is 47.2 Å². The van der Waals surface area contributed by atoms with Crippen LogP contribution in [0.3, 0.4) is 0 Å². The van der Waals surface area contributed by atoms with E-state index in [0.717, 1.165) is 49.9 Å². The number of benzene rings is 1. The summed E-state index contributed by atoms with van der Waals surface area (Å²) < 4.78 is 5.91. The summed E-state index contributed by atoms with van der Waals surface area (Å²) in [7, 11) is 1.82. The lowest BCUT2D eigenvalue weighted by atomic mass is 10.1. The van der Waals surface area contributed by atoms with Crippen LogP contribution in [0.15, 0.2) is 52.8 Å². The van der Waals surface area contributed by atoms with Gasteiger partial charge in [0.25, 0.3) is 5.91 Å². The molecule has 0 radical (unpaired) electrons. The van der Waals surface area contributed by atoms with Crippen molar-refractivity contribution in [3.63, 3.8) is 0 Å². The van der Waals surface area contributed by atoms with Crippen molar-refractivity contribution in [3.05, 3.63) is 58.3 Å². The molecule has 0 saturated carbocycles. The Kier molecular flexibility index (Phi) is 11.2. The first kappa shape index (κ1) is 24.6. The highest BCUT2D eigenvalue weighted by atomic mass is 127. The molecule has 0 bridgehead atoms. The Balaban J connectivity index is 0.00000320. The van der Waals surface area contributed by atoms with Crippen molar-refractivity contribution in [1.29, 1.82) is 0 Å². The second-order valence-electron chi connectivity index (χ2n) is 7.16. The molecule has 0 spiro atoms. The number of likely N-dealkylation sites (tertiary alicyclic amines) is 1. The van der Waals surface area contributed by atoms with Crippen LogP contribution < -0.4 is 10.6 Å². The molecule has 3 rings (SSSR count). The number of halogens is 1. The smallest absolute Gasteiger partial charge is 0.261 e. The number of nitrogens with zero attached hydrogens (tertiary/aromatic N) is 2. The summed E-state index contributed by atoms with van der Waals surface area (Å²) in [5.41, 5.74) is 1.21. The van der Waals surface area contributed by atoms with Gasteiger partial charge in [0.1, 0.15) is 0 Å². The summed E-state index contributed by atoms with van der Waals surface area (Å²) in [4.78, 5) is 19.4. The molecule has 1 aliphatic rings. The minimum atomic E-state index is 0. The average molecular weight is 542 g/mol. The number of thiophene rings is 1. The zero-order valence-electron chi connectivity index (χ0n) is 17.4. The molecule has 1 aliphatic heterocycles. The fourth-order valence-corrected chi connectivity index (χ4v) is 4.04. The first-order valence-corrected chi connectivity index (χ1v) is 11.0. The Morgan fingerprint density at radius 2 is 2.00 bits per heavy atom. The Morgan fingerprint density at radius 3 is 2.73 bits per heavy atom. The second kappa shape index (κ2) is 13.6. The normalized spacial score (nSPS) is 16.2. The van der Waals surface area contributed by atoms with Crippen molar-refractivity contribution in [3.8, 4) is 0 Å². The van der Waals surface area contributed by atoms with Crippen molar-refractivity contribution < 1.29 is 9.53 Å². The van der Waals surface area contributed by atoms with Gasteiger partial charge in [0.2, 0.25) is 0 Å². The van der Waals surface area contributed by atoms with Crippen molar-refractivity contribution in [2.75, 3.05) is 39.8 Å². The van der Waals surface area contributed by atoms with Crippen LogP contribution in [-0.4, -0.2) is 56.6 Å². The molecule has 2 heterocycles. The molecule has 2 N–H and O–H groups in total. The fraction of sp³-hybridized carbons (Fsp3) is 0.455. The third-order valence-corrected chi connectivity index (χ3v) is 5.80. The molecule has 2 aromatic rings. The monoisotopic (exact) mass is 542 g/mol. The van der Waals surface area contributed by atoms with E-state index in [0.29, 0.717) is 19.1 Å². The van der Waals surface area contributed by atoms with Gasteiger partial charge in [-0.3, -0.25) is 9.79 Å². The molecule has 1 aromatic heterocycles. The summed E-state index contributed by atoms with van der Waals surface area (Å²) in [6, 6.07) is 14.0. The Hall–Kier alpha value is -1.65. The van der Waals surface area contributed by atoms with E-state index in [1.54, 1.807) is 0 Å². The van der Waals surface area contributed by atoms with Gasteiger partial charge in [-0.1, -0.05) is 36.4 Å². The summed E-state index contributed by atoms with van der Waals surface area (Å²) >= 11 is 1.46. The topological polar surface area (TPSA) is 66.0 Å². The zero-order valence-corrected chi connectivity index (χ0v) is 20.5. The number of aliphatic imine (C=N–C) groups is 1. The number of carbonyl (C=O) groups is 1. The maximum Gasteiger partial charge on any atom is 0.261 e. The number of guanidine groups is 1. The maximum absolute atomic E-state index is 11.9. The Labute approximate surface area is 200 Å². The molecule has 8 heteroatoms. The van der Waals surface area contributed by atoms with Crippen molar-refractivity contribution in [1.82, 2.24) is 15.5 Å². The molecular formula is C22H31IN4O2S. The van der Waals surface area contributed by atoms with E-state index in [2.05, 4.69) is 32.7 Å². The van der Waals surface area contributed by atoms with Crippen molar-refractivity contribution in [2.45, 2.75) is 19.4 Å². The van der Waals surface area contributed by atoms with Crippen LogP contribution >= 0.6 is 35.3 Å². The highest BCUT2D eigenvalue weighted by Gasteiger charge is 2.24. The molecule has 1 saturated heterocycles. The van der Waals surface area contributed by atoms with Crippen LogP contribution in [0.2, 0.25) is 0 Å². The molecule has 6 nitrogen and oxygen atoms in total. The van der Waals surface area contributed by atoms with Gasteiger partial charge in [-0.2, -0.15) is 0 Å². The lowest BCUT2D eigenvalue weighted by Gasteiger charge is -2.21. The van der Waals surface area contributed by atoms with Gasteiger partial charge >= 0.3 is 0 Å². The maximum atomic E-state index is 11.9. The second-order valence-corrected chi connectivity index (χ2v) is 8.11. The van der Waals surface area contributed by atoms with E-state index in [-0.39, 0.29) is 29.9 Å². The summed E-state index contributed by atoms with van der Waals surface area (Å²) in [6.45, 7) is 4.83. The largest absolute Gasteiger partial charge is 0.376 e. The number of ether oxygens (including phenoxy) is 1. The third kappa shape index (κ3) is 7.88. The summed E-state index contributed by atoms with van der Waals surface area (Å²) in [5.74, 6) is 1.46. The first-order chi connectivity index (χ1) is 14.3. The highest BCUT2D eigenvalue weighted by molar-refractivity contribution is 14.0. The standard InChI is InChI=1S/C22H30N4O2S.HI/c1-23-22(25-12-6-11-24-21(27)20-9-5-14-29-20)26-13-10-19(15-26)17-28-16-18-7-3-2-4-8-18;/h2-5,7-9,14,19H,6,10-13,15-17H2,1H3,(H,23,25)(H,24,27);1H. The van der Waals surface area contributed by atoms with E-state index in [4.69, 9.17) is 4.74 Å². The van der Waals surface area contributed by atoms with Crippen LogP contribution in [0.4, 0.5) is 0 Å². The van der Waals surface area contributed by atoms with Crippen LogP contribution in [0, 0.1) is 5.92 Å². The molecule has 1 unspecified atom stereocenters. The molecule has 0 aliphatic carbocycles. The minimum Gasteiger partial charge on any atom is -0.376 e.